The Labute approximate surface area is 85.9 Å². The monoisotopic (exact) mass is 206 g/mol. The lowest BCUT2D eigenvalue weighted by Gasteiger charge is -2.11. The molecule has 0 saturated carbocycles. The first kappa shape index (κ1) is 12.9. The van der Waals surface area contributed by atoms with E-state index < -0.39 is 0 Å². The summed E-state index contributed by atoms with van der Waals surface area (Å²) in [6.07, 6.45) is 5.98. The third-order valence-electron chi connectivity index (χ3n) is 1.52. The quantitative estimate of drug-likeness (QED) is 0.263. The van der Waals surface area contributed by atoms with Gasteiger partial charge in [-0.15, -0.1) is 11.6 Å². The van der Waals surface area contributed by atoms with Gasteiger partial charge in [0.2, 0.25) is 0 Å². The Bertz CT molecular complexity index is 126. The fourth-order valence-corrected chi connectivity index (χ4v) is 1.04. The average Bonchev–Trinajstić information content (AvgIpc) is 2.11. The van der Waals surface area contributed by atoms with Crippen LogP contribution in [0.3, 0.4) is 0 Å². The van der Waals surface area contributed by atoms with E-state index in [0.29, 0.717) is 12.5 Å². The van der Waals surface area contributed by atoms with Crippen LogP contribution in [0.2, 0.25) is 0 Å². The van der Waals surface area contributed by atoms with E-state index in [1.54, 1.807) is 0 Å². The molecule has 0 aliphatic heterocycles. The first-order valence-corrected chi connectivity index (χ1v) is 5.28. The molecule has 0 aliphatic carbocycles. The average molecular weight is 207 g/mol. The second-order valence-electron chi connectivity index (χ2n) is 2.66. The molecule has 1 atom stereocenters. The predicted molar refractivity (Wildman–Crippen MR) is 56.1 cm³/mol. The van der Waals surface area contributed by atoms with Crippen LogP contribution in [0, 0.1) is 0 Å². The van der Waals surface area contributed by atoms with E-state index >= 15 is 0 Å². The van der Waals surface area contributed by atoms with Crippen molar-refractivity contribution in [2.45, 2.75) is 33.0 Å². The van der Waals surface area contributed by atoms with Crippen LogP contribution in [0.5, 0.6) is 0 Å². The lowest BCUT2D eigenvalue weighted by atomic mass is 10.3. The van der Waals surface area contributed by atoms with E-state index in [4.69, 9.17) is 21.1 Å². The van der Waals surface area contributed by atoms with Crippen molar-refractivity contribution in [1.29, 1.82) is 0 Å². The highest BCUT2D eigenvalue weighted by Gasteiger charge is 1.97. The molecule has 0 aliphatic rings. The van der Waals surface area contributed by atoms with Gasteiger partial charge in [-0.25, -0.2) is 0 Å². The third-order valence-corrected chi connectivity index (χ3v) is 1.70. The number of hydrogen-bond donors (Lipinski definition) is 0. The molecule has 0 N–H and O–H groups in total. The minimum Gasteiger partial charge on any atom is -0.353 e. The number of rotatable bonds is 8. The van der Waals surface area contributed by atoms with Gasteiger partial charge in [-0.2, -0.15) is 0 Å². The fraction of sp³-hybridized carbons (Fsp3) is 0.800. The Hall–Kier alpha value is -0.0500. The summed E-state index contributed by atoms with van der Waals surface area (Å²) in [5.74, 6) is 0.593. The van der Waals surface area contributed by atoms with Crippen LogP contribution in [-0.4, -0.2) is 25.4 Å². The summed E-state index contributed by atoms with van der Waals surface area (Å²) in [7, 11) is 0. The highest BCUT2D eigenvalue weighted by atomic mass is 35.5. The van der Waals surface area contributed by atoms with Crippen molar-refractivity contribution in [2.75, 3.05) is 19.1 Å². The summed E-state index contributed by atoms with van der Waals surface area (Å²) in [6.45, 7) is 5.32. The number of ether oxygens (including phenoxy) is 2. The molecule has 13 heavy (non-hydrogen) atoms. The Morgan fingerprint density at radius 2 is 2.08 bits per heavy atom. The molecule has 78 valence electrons. The highest BCUT2D eigenvalue weighted by Crippen LogP contribution is 1.97. The fourth-order valence-electron chi connectivity index (χ4n) is 0.914. The summed E-state index contributed by atoms with van der Waals surface area (Å²) in [5, 5.41) is 0. The molecule has 0 radical (unpaired) electrons. The Kier molecular flexibility index (Phi) is 10.00. The van der Waals surface area contributed by atoms with Gasteiger partial charge in [0.1, 0.15) is 0 Å². The Morgan fingerprint density at radius 1 is 1.31 bits per heavy atom. The molecule has 0 saturated heterocycles. The zero-order valence-corrected chi connectivity index (χ0v) is 9.22. The maximum absolute atomic E-state index is 5.47. The first-order valence-electron chi connectivity index (χ1n) is 4.75. The lowest BCUT2D eigenvalue weighted by Crippen LogP contribution is -2.13. The van der Waals surface area contributed by atoms with Crippen LogP contribution in [-0.2, 0) is 9.47 Å². The third kappa shape index (κ3) is 9.87. The van der Waals surface area contributed by atoms with Crippen LogP contribution in [0.25, 0.3) is 0 Å². The van der Waals surface area contributed by atoms with Crippen molar-refractivity contribution in [1.82, 2.24) is 0 Å². The van der Waals surface area contributed by atoms with E-state index in [-0.39, 0.29) is 6.29 Å². The maximum atomic E-state index is 5.47. The van der Waals surface area contributed by atoms with Crippen molar-refractivity contribution < 1.29 is 9.47 Å². The molecule has 2 nitrogen and oxygen atoms in total. The van der Waals surface area contributed by atoms with E-state index in [9.17, 15) is 0 Å². The van der Waals surface area contributed by atoms with E-state index in [0.717, 1.165) is 19.4 Å². The molecule has 0 aromatic rings. The molecule has 0 aromatic heterocycles. The van der Waals surface area contributed by atoms with Crippen LogP contribution >= 0.6 is 11.6 Å². The van der Waals surface area contributed by atoms with Crippen LogP contribution in [0.1, 0.15) is 26.7 Å². The number of unbranched alkanes of at least 4 members (excludes halogenated alkanes) is 1. The second-order valence-corrected chi connectivity index (χ2v) is 2.97. The SMILES string of the molecule is CCOC(C)OCCC/C=C/CCl. The van der Waals surface area contributed by atoms with Gasteiger partial charge in [-0.1, -0.05) is 12.2 Å². The molecule has 3 heteroatoms. The van der Waals surface area contributed by atoms with Crippen LogP contribution in [0.15, 0.2) is 12.2 Å². The molecular weight excluding hydrogens is 188 g/mol. The minimum atomic E-state index is -0.0815. The number of allylic oxidation sites excluding steroid dienone is 2. The predicted octanol–water partition coefficient (Wildman–Crippen LogP) is 2.96. The summed E-state index contributed by atoms with van der Waals surface area (Å²) in [6, 6.07) is 0. The van der Waals surface area contributed by atoms with Gasteiger partial charge >= 0.3 is 0 Å². The van der Waals surface area contributed by atoms with Crippen molar-refractivity contribution in [3.63, 3.8) is 0 Å². The lowest BCUT2D eigenvalue weighted by molar-refractivity contribution is -0.127. The van der Waals surface area contributed by atoms with Crippen LogP contribution in [0.4, 0.5) is 0 Å². The van der Waals surface area contributed by atoms with Gasteiger partial charge in [0, 0.05) is 12.5 Å². The topological polar surface area (TPSA) is 18.5 Å². The number of hydrogen-bond acceptors (Lipinski definition) is 2. The molecule has 0 heterocycles. The molecule has 0 spiro atoms. The van der Waals surface area contributed by atoms with Gasteiger partial charge < -0.3 is 9.47 Å². The molecular formula is C10H19ClO2. The molecule has 1 unspecified atom stereocenters. The van der Waals surface area contributed by atoms with E-state index in [1.807, 2.05) is 19.9 Å². The maximum Gasteiger partial charge on any atom is 0.154 e. The van der Waals surface area contributed by atoms with Crippen molar-refractivity contribution in [3.8, 4) is 0 Å². The number of alkyl halides is 1. The van der Waals surface area contributed by atoms with Crippen LogP contribution < -0.4 is 0 Å². The summed E-state index contributed by atoms with van der Waals surface area (Å²) in [5.41, 5.74) is 0. The van der Waals surface area contributed by atoms with E-state index in [2.05, 4.69) is 6.08 Å². The van der Waals surface area contributed by atoms with Crippen molar-refractivity contribution in [3.05, 3.63) is 12.2 Å². The largest absolute Gasteiger partial charge is 0.353 e. The van der Waals surface area contributed by atoms with Gasteiger partial charge in [0.05, 0.1) is 6.61 Å². The zero-order chi connectivity index (χ0) is 9.94. The highest BCUT2D eigenvalue weighted by molar-refractivity contribution is 6.18. The normalized spacial score (nSPS) is 13.8. The molecule has 0 rings (SSSR count). The summed E-state index contributed by atoms with van der Waals surface area (Å²) < 4.78 is 10.6. The Morgan fingerprint density at radius 3 is 2.69 bits per heavy atom. The van der Waals surface area contributed by atoms with Gasteiger partial charge in [-0.05, 0) is 26.7 Å². The van der Waals surface area contributed by atoms with Crippen molar-refractivity contribution in [2.24, 2.45) is 0 Å². The second kappa shape index (κ2) is 10.0. The van der Waals surface area contributed by atoms with Crippen molar-refractivity contribution >= 4 is 11.6 Å². The standard InChI is InChI=1S/C10H19ClO2/c1-3-12-10(2)13-9-7-5-4-6-8-11/h4,6,10H,3,5,7-9H2,1-2H3/b6-4+. The van der Waals surface area contributed by atoms with Gasteiger partial charge in [0.25, 0.3) is 0 Å². The molecule has 0 aromatic carbocycles. The molecule has 0 amide bonds. The molecule has 0 bridgehead atoms. The zero-order valence-electron chi connectivity index (χ0n) is 8.46. The van der Waals surface area contributed by atoms with Gasteiger partial charge in [0.15, 0.2) is 6.29 Å². The first-order chi connectivity index (χ1) is 6.31. The summed E-state index contributed by atoms with van der Waals surface area (Å²) >= 11 is 5.47. The number of halogens is 1. The Balaban J connectivity index is 3.10. The van der Waals surface area contributed by atoms with E-state index in [1.165, 1.54) is 0 Å². The summed E-state index contributed by atoms with van der Waals surface area (Å²) in [4.78, 5) is 0. The minimum absolute atomic E-state index is 0.0815. The molecule has 0 fully saturated rings. The smallest absolute Gasteiger partial charge is 0.154 e. The van der Waals surface area contributed by atoms with Gasteiger partial charge in [-0.3, -0.25) is 0 Å².